The third kappa shape index (κ3) is 9.32. The highest BCUT2D eigenvalue weighted by molar-refractivity contribution is 5.96. The summed E-state index contributed by atoms with van der Waals surface area (Å²) in [5.41, 5.74) is -0.266. The van der Waals surface area contributed by atoms with Gasteiger partial charge in [0.15, 0.2) is 0 Å². The highest BCUT2D eigenvalue weighted by Crippen LogP contribution is 1.98. The molecule has 1 atom stereocenters. The normalized spacial score (nSPS) is 12.4. The third-order valence-electron chi connectivity index (χ3n) is 2.28. The fourth-order valence-electron chi connectivity index (χ4n) is 1.40. The molecule has 0 aromatic carbocycles. The molecule has 4 N–H and O–H groups in total. The number of urea groups is 1. The number of amides is 4. The number of hydrogen-bond donors (Lipinski definition) is 4. The van der Waals surface area contributed by atoms with Crippen LogP contribution in [0.2, 0.25) is 0 Å². The quantitative estimate of drug-likeness (QED) is 0.557. The van der Waals surface area contributed by atoms with Crippen LogP contribution in [0, 0.1) is 0 Å². The first kappa shape index (κ1) is 18.4. The first-order valence-corrected chi connectivity index (χ1v) is 6.78. The fourth-order valence-corrected chi connectivity index (χ4v) is 1.40. The monoisotopic (exact) mass is 286 g/mol. The Balaban J connectivity index is 3.93. The van der Waals surface area contributed by atoms with Crippen molar-refractivity contribution in [2.75, 3.05) is 13.1 Å². The van der Waals surface area contributed by atoms with E-state index in [2.05, 4.69) is 21.3 Å². The van der Waals surface area contributed by atoms with Gasteiger partial charge in [0.2, 0.25) is 11.8 Å². The molecule has 0 heterocycles. The minimum absolute atomic E-state index is 0.0821. The zero-order valence-electron chi connectivity index (χ0n) is 12.9. The average Bonchev–Trinajstić information content (AvgIpc) is 2.26. The largest absolute Gasteiger partial charge is 0.351 e. The number of hydrogen-bond acceptors (Lipinski definition) is 4. The van der Waals surface area contributed by atoms with Crippen LogP contribution in [0.3, 0.4) is 0 Å². The van der Waals surface area contributed by atoms with Crippen molar-refractivity contribution in [3.8, 4) is 0 Å². The second-order valence-electron chi connectivity index (χ2n) is 5.57. The van der Waals surface area contributed by atoms with Crippen molar-refractivity contribution in [1.29, 1.82) is 0 Å². The van der Waals surface area contributed by atoms with E-state index >= 15 is 0 Å². The lowest BCUT2D eigenvalue weighted by Crippen LogP contribution is -2.49. The van der Waals surface area contributed by atoms with E-state index in [1.54, 1.807) is 13.8 Å². The predicted molar refractivity (Wildman–Crippen MR) is 77.2 cm³/mol. The SMILES string of the molecule is CCNC(=O)NC(=O)C(C)NCCC(=O)NC(C)(C)C. The second kappa shape index (κ2) is 8.52. The van der Waals surface area contributed by atoms with E-state index in [-0.39, 0.29) is 17.9 Å². The van der Waals surface area contributed by atoms with Crippen molar-refractivity contribution in [3.63, 3.8) is 0 Å². The molecular formula is C13H26N4O3. The van der Waals surface area contributed by atoms with Gasteiger partial charge in [-0.1, -0.05) is 0 Å². The van der Waals surface area contributed by atoms with Gasteiger partial charge >= 0.3 is 6.03 Å². The van der Waals surface area contributed by atoms with Crippen LogP contribution in [-0.2, 0) is 9.59 Å². The molecule has 20 heavy (non-hydrogen) atoms. The van der Waals surface area contributed by atoms with Crippen LogP contribution in [0.1, 0.15) is 41.0 Å². The predicted octanol–water partition coefficient (Wildman–Crippen LogP) is 0.115. The van der Waals surface area contributed by atoms with E-state index in [4.69, 9.17) is 0 Å². The van der Waals surface area contributed by atoms with Gasteiger partial charge in [0, 0.05) is 25.0 Å². The van der Waals surface area contributed by atoms with Crippen LogP contribution in [-0.4, -0.2) is 42.5 Å². The molecule has 0 radical (unpaired) electrons. The summed E-state index contributed by atoms with van der Waals surface area (Å²) in [6.45, 7) is 9.93. The maximum Gasteiger partial charge on any atom is 0.321 e. The fraction of sp³-hybridized carbons (Fsp3) is 0.769. The average molecular weight is 286 g/mol. The molecule has 0 aromatic heterocycles. The minimum atomic E-state index is -0.542. The summed E-state index contributed by atoms with van der Waals surface area (Å²) >= 11 is 0. The van der Waals surface area contributed by atoms with Crippen LogP contribution >= 0.6 is 0 Å². The Morgan fingerprint density at radius 3 is 2.25 bits per heavy atom. The number of rotatable bonds is 6. The number of imide groups is 1. The molecule has 7 nitrogen and oxygen atoms in total. The van der Waals surface area contributed by atoms with E-state index in [1.165, 1.54) is 0 Å². The number of carbonyl (C=O) groups is 3. The molecule has 0 saturated carbocycles. The van der Waals surface area contributed by atoms with Gasteiger partial charge in [0.05, 0.1) is 6.04 Å². The maximum atomic E-state index is 11.6. The van der Waals surface area contributed by atoms with E-state index in [9.17, 15) is 14.4 Å². The molecule has 0 fully saturated rings. The minimum Gasteiger partial charge on any atom is -0.351 e. The summed E-state index contributed by atoms with van der Waals surface area (Å²) in [5, 5.41) is 10.4. The molecule has 4 amide bonds. The van der Waals surface area contributed by atoms with Crippen molar-refractivity contribution in [2.24, 2.45) is 0 Å². The Morgan fingerprint density at radius 2 is 1.75 bits per heavy atom. The number of nitrogens with one attached hydrogen (secondary N) is 4. The van der Waals surface area contributed by atoms with Crippen molar-refractivity contribution < 1.29 is 14.4 Å². The zero-order valence-corrected chi connectivity index (χ0v) is 12.9. The first-order valence-electron chi connectivity index (χ1n) is 6.78. The van der Waals surface area contributed by atoms with E-state index < -0.39 is 18.0 Å². The maximum absolute atomic E-state index is 11.6. The lowest BCUT2D eigenvalue weighted by Gasteiger charge is -2.21. The Labute approximate surface area is 120 Å². The molecule has 0 spiro atoms. The summed E-state index contributed by atoms with van der Waals surface area (Å²) < 4.78 is 0. The van der Waals surface area contributed by atoms with Gasteiger partial charge in [0.1, 0.15) is 0 Å². The Hall–Kier alpha value is -1.63. The lowest BCUT2D eigenvalue weighted by molar-refractivity contribution is -0.124. The molecule has 1 unspecified atom stereocenters. The van der Waals surface area contributed by atoms with Crippen LogP contribution in [0.25, 0.3) is 0 Å². The van der Waals surface area contributed by atoms with Gasteiger partial charge in [-0.15, -0.1) is 0 Å². The van der Waals surface area contributed by atoms with Gasteiger partial charge in [-0.3, -0.25) is 14.9 Å². The van der Waals surface area contributed by atoms with E-state index in [1.807, 2.05) is 20.8 Å². The van der Waals surface area contributed by atoms with Gasteiger partial charge in [-0.2, -0.15) is 0 Å². The molecular weight excluding hydrogens is 260 g/mol. The highest BCUT2D eigenvalue weighted by atomic mass is 16.2. The van der Waals surface area contributed by atoms with Crippen LogP contribution in [0.4, 0.5) is 4.79 Å². The molecule has 0 aliphatic carbocycles. The Morgan fingerprint density at radius 1 is 1.15 bits per heavy atom. The topological polar surface area (TPSA) is 99.3 Å². The van der Waals surface area contributed by atoms with Gasteiger partial charge < -0.3 is 16.0 Å². The first-order chi connectivity index (χ1) is 9.15. The molecule has 116 valence electrons. The molecule has 0 aliphatic rings. The van der Waals surface area contributed by atoms with Crippen LogP contribution in [0.15, 0.2) is 0 Å². The highest BCUT2D eigenvalue weighted by Gasteiger charge is 2.16. The summed E-state index contributed by atoms with van der Waals surface area (Å²) in [6, 6.07) is -1.06. The summed E-state index contributed by atoms with van der Waals surface area (Å²) in [7, 11) is 0. The van der Waals surface area contributed by atoms with Gasteiger partial charge in [-0.25, -0.2) is 4.79 Å². The lowest BCUT2D eigenvalue weighted by atomic mass is 10.1. The third-order valence-corrected chi connectivity index (χ3v) is 2.28. The molecule has 0 rings (SSSR count). The van der Waals surface area contributed by atoms with Crippen molar-refractivity contribution in [2.45, 2.75) is 52.6 Å². The van der Waals surface area contributed by atoms with Gasteiger partial charge in [-0.05, 0) is 34.6 Å². The van der Waals surface area contributed by atoms with E-state index in [0.29, 0.717) is 13.1 Å². The molecule has 0 aromatic rings. The molecule has 7 heteroatoms. The summed E-state index contributed by atoms with van der Waals surface area (Å²) in [4.78, 5) is 34.3. The smallest absolute Gasteiger partial charge is 0.321 e. The van der Waals surface area contributed by atoms with Gasteiger partial charge in [0.25, 0.3) is 0 Å². The molecule has 0 bridgehead atoms. The second-order valence-corrected chi connectivity index (χ2v) is 5.57. The molecule has 0 saturated heterocycles. The van der Waals surface area contributed by atoms with Crippen molar-refractivity contribution >= 4 is 17.8 Å². The summed E-state index contributed by atoms with van der Waals surface area (Å²) in [5.74, 6) is -0.506. The van der Waals surface area contributed by atoms with Crippen LogP contribution < -0.4 is 21.3 Å². The standard InChI is InChI=1S/C13H26N4O3/c1-6-14-12(20)16-11(19)9(2)15-8-7-10(18)17-13(3,4)5/h9,15H,6-8H2,1-5H3,(H,17,18)(H2,14,16,19,20). The van der Waals surface area contributed by atoms with Crippen molar-refractivity contribution in [1.82, 2.24) is 21.3 Å². The van der Waals surface area contributed by atoms with Crippen molar-refractivity contribution in [3.05, 3.63) is 0 Å². The summed E-state index contributed by atoms with van der Waals surface area (Å²) in [6.07, 6.45) is 0.274. The number of carbonyl (C=O) groups excluding carboxylic acids is 3. The Bertz CT molecular complexity index is 350. The Kier molecular flexibility index (Phi) is 7.83. The van der Waals surface area contributed by atoms with Crippen LogP contribution in [0.5, 0.6) is 0 Å². The molecule has 0 aliphatic heterocycles. The zero-order chi connectivity index (χ0) is 15.8. The van der Waals surface area contributed by atoms with E-state index in [0.717, 1.165) is 0 Å².